The first kappa shape index (κ1) is 20.6. The van der Waals surface area contributed by atoms with Crippen molar-refractivity contribution in [3.05, 3.63) is 68.5 Å². The van der Waals surface area contributed by atoms with Crippen LogP contribution in [0.4, 0.5) is 0 Å². The number of aromatic amines is 1. The molecular formula is C21H19BrN2O5S. The first-order chi connectivity index (χ1) is 14.3. The standard InChI is InChI=1S/C21H19BrN2O5S/c1-2-29-21(26)19-15(22)12-16-18-13(7-6-10-24(16)19)11-17(20(25)23-18)30(27,28)14-8-4-3-5-9-14/h3-5,8-9,11-12H,2,6-7,10H2,1H3,(H,23,25). The molecule has 3 heterocycles. The highest BCUT2D eigenvalue weighted by Gasteiger charge is 2.28. The van der Waals surface area contributed by atoms with E-state index in [-0.39, 0.29) is 16.4 Å². The number of pyridine rings is 1. The predicted octanol–water partition coefficient (Wildman–Crippen LogP) is 3.56. The number of rotatable bonds is 4. The molecule has 0 unspecified atom stereocenters. The normalized spacial score (nSPS) is 13.3. The van der Waals surface area contributed by atoms with Crippen LogP contribution in [0, 0.1) is 0 Å². The van der Waals surface area contributed by atoms with E-state index in [0.717, 1.165) is 0 Å². The van der Waals surface area contributed by atoms with Gasteiger partial charge in [-0.15, -0.1) is 0 Å². The Balaban J connectivity index is 1.88. The van der Waals surface area contributed by atoms with Gasteiger partial charge in [-0.25, -0.2) is 13.2 Å². The van der Waals surface area contributed by atoms with Gasteiger partial charge in [0.05, 0.1) is 27.4 Å². The lowest BCUT2D eigenvalue weighted by Gasteiger charge is -2.11. The second-order valence-corrected chi connectivity index (χ2v) is 9.65. The van der Waals surface area contributed by atoms with E-state index >= 15 is 0 Å². The number of carbonyl (C=O) groups excluding carboxylic acids is 1. The molecule has 0 atom stereocenters. The molecule has 0 saturated carbocycles. The van der Waals surface area contributed by atoms with Gasteiger partial charge in [0.25, 0.3) is 5.56 Å². The maximum absolute atomic E-state index is 13.0. The third kappa shape index (κ3) is 3.41. The van der Waals surface area contributed by atoms with Crippen molar-refractivity contribution in [2.24, 2.45) is 0 Å². The fourth-order valence-corrected chi connectivity index (χ4v) is 5.65. The number of esters is 1. The number of fused-ring (bicyclic) bond motifs is 3. The van der Waals surface area contributed by atoms with Crippen LogP contribution in [0.5, 0.6) is 0 Å². The molecular weight excluding hydrogens is 472 g/mol. The highest BCUT2D eigenvalue weighted by Crippen LogP contribution is 2.34. The molecule has 2 aromatic heterocycles. The first-order valence-corrected chi connectivity index (χ1v) is 11.7. The number of sulfone groups is 1. The number of carbonyl (C=O) groups is 1. The quantitative estimate of drug-likeness (QED) is 0.563. The number of aryl methyl sites for hydroxylation is 1. The summed E-state index contributed by atoms with van der Waals surface area (Å²) in [6.45, 7) is 2.52. The van der Waals surface area contributed by atoms with Crippen molar-refractivity contribution in [2.75, 3.05) is 6.61 Å². The minimum absolute atomic E-state index is 0.0692. The van der Waals surface area contributed by atoms with Crippen molar-refractivity contribution in [1.29, 1.82) is 0 Å². The molecule has 4 rings (SSSR count). The zero-order valence-electron chi connectivity index (χ0n) is 16.1. The van der Waals surface area contributed by atoms with Crippen molar-refractivity contribution in [2.45, 2.75) is 36.1 Å². The van der Waals surface area contributed by atoms with Crippen LogP contribution in [0.25, 0.3) is 11.4 Å². The Morgan fingerprint density at radius 2 is 1.97 bits per heavy atom. The minimum atomic E-state index is -3.95. The van der Waals surface area contributed by atoms with E-state index in [2.05, 4.69) is 20.9 Å². The molecule has 9 heteroatoms. The van der Waals surface area contributed by atoms with Gasteiger partial charge in [0.15, 0.2) is 0 Å². The Morgan fingerprint density at radius 3 is 2.67 bits per heavy atom. The van der Waals surface area contributed by atoms with Gasteiger partial charge in [0.1, 0.15) is 10.6 Å². The molecule has 30 heavy (non-hydrogen) atoms. The third-order valence-corrected chi connectivity index (χ3v) is 7.41. The van der Waals surface area contributed by atoms with Crippen LogP contribution < -0.4 is 5.56 Å². The number of aromatic nitrogens is 2. The lowest BCUT2D eigenvalue weighted by molar-refractivity contribution is 0.0512. The molecule has 0 bridgehead atoms. The molecule has 0 aliphatic carbocycles. The second kappa shape index (κ2) is 7.88. The summed E-state index contributed by atoms with van der Waals surface area (Å²) in [4.78, 5) is 27.8. The van der Waals surface area contributed by atoms with Gasteiger partial charge >= 0.3 is 5.97 Å². The van der Waals surface area contributed by atoms with Gasteiger partial charge in [0.2, 0.25) is 9.84 Å². The van der Waals surface area contributed by atoms with E-state index in [1.165, 1.54) is 18.2 Å². The van der Waals surface area contributed by atoms with Crippen LogP contribution in [0.3, 0.4) is 0 Å². The lowest BCUT2D eigenvalue weighted by Crippen LogP contribution is -2.20. The summed E-state index contributed by atoms with van der Waals surface area (Å²) in [6, 6.07) is 11.1. The number of hydrogen-bond donors (Lipinski definition) is 1. The molecule has 1 aliphatic rings. The summed E-state index contributed by atoms with van der Waals surface area (Å²) >= 11 is 3.41. The molecule has 1 aromatic carbocycles. The van der Waals surface area contributed by atoms with Crippen molar-refractivity contribution in [3.63, 3.8) is 0 Å². The monoisotopic (exact) mass is 490 g/mol. The molecule has 1 N–H and O–H groups in total. The SMILES string of the molecule is CCOC(=O)c1c(Br)cc2n1CCCc1cc(S(=O)(=O)c3ccccc3)c(=O)[nH]c1-2. The second-order valence-electron chi connectivity index (χ2n) is 6.88. The fraction of sp³-hybridized carbons (Fsp3) is 0.238. The molecule has 7 nitrogen and oxygen atoms in total. The summed E-state index contributed by atoms with van der Waals surface area (Å²) in [5.41, 5.74) is 1.55. The number of nitrogens with one attached hydrogen (secondary N) is 1. The zero-order valence-corrected chi connectivity index (χ0v) is 18.5. The van der Waals surface area contributed by atoms with E-state index in [1.807, 2.05) is 0 Å². The average molecular weight is 491 g/mol. The number of ether oxygens (including phenoxy) is 1. The zero-order chi connectivity index (χ0) is 21.5. The van der Waals surface area contributed by atoms with Crippen LogP contribution in [0.15, 0.2) is 61.5 Å². The summed E-state index contributed by atoms with van der Waals surface area (Å²) in [7, 11) is -3.95. The molecule has 0 spiro atoms. The summed E-state index contributed by atoms with van der Waals surface area (Å²) in [5.74, 6) is -0.454. The van der Waals surface area contributed by atoms with Crippen molar-refractivity contribution >= 4 is 31.7 Å². The number of H-pyrrole nitrogens is 1. The van der Waals surface area contributed by atoms with Crippen LogP contribution >= 0.6 is 15.9 Å². The Morgan fingerprint density at radius 1 is 1.23 bits per heavy atom. The fourth-order valence-electron chi connectivity index (χ4n) is 3.69. The van der Waals surface area contributed by atoms with Gasteiger partial charge in [-0.3, -0.25) is 4.79 Å². The Kier molecular flexibility index (Phi) is 5.42. The molecule has 0 radical (unpaired) electrons. The van der Waals surface area contributed by atoms with E-state index in [1.54, 1.807) is 35.8 Å². The Bertz CT molecular complexity index is 1290. The van der Waals surface area contributed by atoms with Crippen molar-refractivity contribution in [1.82, 2.24) is 9.55 Å². The van der Waals surface area contributed by atoms with Crippen LogP contribution in [0.2, 0.25) is 0 Å². The van der Waals surface area contributed by atoms with Crippen LogP contribution in [0.1, 0.15) is 29.4 Å². The van der Waals surface area contributed by atoms with Crippen LogP contribution in [-0.4, -0.2) is 30.5 Å². The average Bonchev–Trinajstić information content (AvgIpc) is 2.96. The predicted molar refractivity (Wildman–Crippen MR) is 114 cm³/mol. The van der Waals surface area contributed by atoms with Gasteiger partial charge in [-0.1, -0.05) is 18.2 Å². The first-order valence-electron chi connectivity index (χ1n) is 9.47. The molecule has 0 fully saturated rings. The summed E-state index contributed by atoms with van der Waals surface area (Å²) < 4.78 is 33.5. The highest BCUT2D eigenvalue weighted by atomic mass is 79.9. The van der Waals surface area contributed by atoms with Gasteiger partial charge in [-0.05, 0) is 65.5 Å². The summed E-state index contributed by atoms with van der Waals surface area (Å²) in [6.07, 6.45) is 1.23. The molecule has 1 aliphatic heterocycles. The van der Waals surface area contributed by atoms with Crippen molar-refractivity contribution < 1.29 is 17.9 Å². The largest absolute Gasteiger partial charge is 0.461 e. The lowest BCUT2D eigenvalue weighted by atomic mass is 10.1. The smallest absolute Gasteiger partial charge is 0.356 e. The maximum Gasteiger partial charge on any atom is 0.356 e. The highest BCUT2D eigenvalue weighted by molar-refractivity contribution is 9.10. The Labute approximate surface area is 181 Å². The summed E-state index contributed by atoms with van der Waals surface area (Å²) in [5, 5.41) is 0. The van der Waals surface area contributed by atoms with Gasteiger partial charge in [0, 0.05) is 6.54 Å². The molecule has 3 aromatic rings. The number of halogens is 1. The van der Waals surface area contributed by atoms with Crippen LogP contribution in [-0.2, 0) is 27.5 Å². The van der Waals surface area contributed by atoms with Gasteiger partial charge in [-0.2, -0.15) is 0 Å². The maximum atomic E-state index is 13.0. The molecule has 156 valence electrons. The van der Waals surface area contributed by atoms with Gasteiger partial charge < -0.3 is 14.3 Å². The minimum Gasteiger partial charge on any atom is -0.461 e. The van der Waals surface area contributed by atoms with E-state index in [0.29, 0.717) is 46.5 Å². The third-order valence-electron chi connectivity index (χ3n) is 5.03. The van der Waals surface area contributed by atoms with E-state index in [4.69, 9.17) is 4.74 Å². The molecule has 0 saturated heterocycles. The number of benzene rings is 1. The molecule has 0 amide bonds. The number of nitrogens with zero attached hydrogens (tertiary/aromatic N) is 1. The van der Waals surface area contributed by atoms with Crippen molar-refractivity contribution in [3.8, 4) is 11.4 Å². The topological polar surface area (TPSA) is 98.2 Å². The van der Waals surface area contributed by atoms with E-state index in [9.17, 15) is 18.0 Å². The number of hydrogen-bond acceptors (Lipinski definition) is 5. The van der Waals surface area contributed by atoms with E-state index < -0.39 is 21.4 Å². The Hall–Kier alpha value is -2.65.